The third-order valence-corrected chi connectivity index (χ3v) is 18.3. The van der Waals surface area contributed by atoms with E-state index in [9.17, 15) is 67.1 Å². The van der Waals surface area contributed by atoms with Crippen LogP contribution in [0.1, 0.15) is 203 Å². The van der Waals surface area contributed by atoms with Crippen molar-refractivity contribution in [3.8, 4) is 0 Å². The second kappa shape index (κ2) is 75.0. The maximum absolute atomic E-state index is 12.6. The topological polar surface area (TPSA) is 584 Å². The second-order valence-electron chi connectivity index (χ2n) is 28.6. The number of hydrogen-bond acceptors (Lipinski definition) is 35. The monoisotopic (exact) mass is 1820 g/mol. The van der Waals surface area contributed by atoms with Crippen LogP contribution in [0.25, 0.3) is 0 Å². The molecule has 720 valence electrons. The summed E-state index contributed by atoms with van der Waals surface area (Å²) in [7, 11) is 0. The van der Waals surface area contributed by atoms with Gasteiger partial charge in [0, 0.05) is 122 Å². The number of imidazole rings is 4. The van der Waals surface area contributed by atoms with Crippen LogP contribution < -0.4 is 36.6 Å². The van der Waals surface area contributed by atoms with Gasteiger partial charge in [-0.15, -0.1) is 0 Å². The number of amides is 5. The summed E-state index contributed by atoms with van der Waals surface area (Å²) in [4.78, 5) is 183. The van der Waals surface area contributed by atoms with Crippen LogP contribution >= 0.6 is 0 Å². The molecule has 0 aliphatic carbocycles. The number of hydrogen-bond donors (Lipinski definition) is 8. The second-order valence-corrected chi connectivity index (χ2v) is 28.6. The predicted octanol–water partition coefficient (Wildman–Crippen LogP) is 9.13. The molecule has 0 saturated heterocycles. The smallest absolute Gasteiger partial charge is 0.449 e. The Morgan fingerprint density at radius 1 is 0.336 bits per heavy atom. The Labute approximate surface area is 743 Å². The molecule has 10 N–H and O–H groups in total. The molecule has 4 rings (SSSR count). The first-order chi connectivity index (χ1) is 62.2. The lowest BCUT2D eigenvalue weighted by molar-refractivity contribution is -0.377. The number of nitrogens with zero attached hydrogens (tertiary/aromatic N) is 7. The highest BCUT2D eigenvalue weighted by Crippen LogP contribution is 2.27. The summed E-state index contributed by atoms with van der Waals surface area (Å²) in [5.41, 5.74) is -2.39. The lowest BCUT2D eigenvalue weighted by Gasteiger charge is -2.30. The fourth-order valence-electron chi connectivity index (χ4n) is 10.6. The Hall–Kier alpha value is -12.2. The van der Waals surface area contributed by atoms with Crippen LogP contribution in [0.4, 0.5) is 52.7 Å². The zero-order valence-corrected chi connectivity index (χ0v) is 73.5. The first-order valence-corrected chi connectivity index (χ1v) is 43.2. The number of aromatic nitrogens is 8. The van der Waals surface area contributed by atoms with Crippen molar-refractivity contribution in [1.29, 1.82) is 0 Å². The molecule has 1 unspecified atom stereocenters. The lowest BCUT2D eigenvalue weighted by atomic mass is 9.88. The maximum atomic E-state index is 12.6. The molecular formula is C82H132N14O32+2. The van der Waals surface area contributed by atoms with Crippen LogP contribution in [0, 0.1) is 10.8 Å². The SMILES string of the molecule is CCC(COC(=O)OCCCO)(COC(=O)OCCCO)COC(=O)OCCCO.CCC(COC(=O)OCCCOC(=O)NCCCCCCCC(=O)n1ccnc1)(COC(=O)OCCCOC(=O)NCCCCCCCC(=O)n1cc[nH+]c1)COC(=O)OCCCOC(=O)NCCCCCCNC(=O)n1cc[nH+]c1.O=C=NCCCCCCNC(=O)n1ccnc1. The van der Waals surface area contributed by atoms with Crippen LogP contribution in [-0.4, -0.2) is 287 Å². The Morgan fingerprint density at radius 3 is 0.938 bits per heavy atom. The summed E-state index contributed by atoms with van der Waals surface area (Å²) in [6, 6.07) is -0.377. The van der Waals surface area contributed by atoms with Crippen LogP contribution in [0.5, 0.6) is 0 Å². The number of carbonyl (C=O) groups is 13. The van der Waals surface area contributed by atoms with E-state index in [-0.39, 0.29) is 174 Å². The zero-order valence-electron chi connectivity index (χ0n) is 73.5. The van der Waals surface area contributed by atoms with E-state index in [0.29, 0.717) is 58.5 Å². The lowest BCUT2D eigenvalue weighted by Crippen LogP contribution is -2.39. The number of nitrogens with one attached hydrogen (secondary N) is 7. The van der Waals surface area contributed by atoms with Crippen molar-refractivity contribution in [2.45, 2.75) is 194 Å². The summed E-state index contributed by atoms with van der Waals surface area (Å²) < 4.78 is 82.1. The van der Waals surface area contributed by atoms with Gasteiger partial charge in [-0.3, -0.25) is 13.9 Å². The first-order valence-electron chi connectivity index (χ1n) is 43.2. The maximum Gasteiger partial charge on any atom is 0.508 e. The third kappa shape index (κ3) is 59.7. The van der Waals surface area contributed by atoms with Gasteiger partial charge in [0.05, 0.1) is 83.3 Å². The molecule has 4 heterocycles. The number of isocyanates is 1. The van der Waals surface area contributed by atoms with Crippen LogP contribution in [0.3, 0.4) is 0 Å². The molecule has 128 heavy (non-hydrogen) atoms. The van der Waals surface area contributed by atoms with Gasteiger partial charge in [-0.25, -0.2) is 87.3 Å². The van der Waals surface area contributed by atoms with Crippen molar-refractivity contribution in [2.75, 3.05) is 158 Å². The standard InChI is InChI=1S/C53H82N10O18.C18H32O12.C11H16N4O2/c1-2-53(38-79-50(70)76-35-17-32-73-47(67)58-23-14-7-3-5-11-20-44(64)61-29-26-54-41-61,39-80-51(71)77-36-18-33-74-48(68)59-24-15-8-4-6-12-21-45(65)62-30-27-55-42-62)40-81-52(72)78-37-19-34-75-49(69)60-25-16-10-9-13-22-57-46(66)63-31-28-56-43-63;1-2-18(12-28-15(22)25-9-3-6-19,13-29-16(23)26-10-4-7-20)14-30-17(24)27-11-5-8-21;16-10-13-5-3-1-2-4-6-14-11(17)15-8-7-12-9-15/h26-31,41-43H,2-25,32-40H2,1H3,(H,57,66)(H,58,67)(H,59,68)(H,60,69);19-21H,2-14H2,1H3;7-9H,1-6H2,(H,14,17)/p+2. The number of alkyl carbamates (subject to hydrolysis) is 3. The molecule has 46 heteroatoms. The van der Waals surface area contributed by atoms with E-state index in [1.54, 1.807) is 76.1 Å². The Kier molecular flexibility index (Phi) is 65.6. The quantitative estimate of drug-likeness (QED) is 0.00671. The molecule has 0 radical (unpaired) electrons. The molecule has 0 fully saturated rings. The van der Waals surface area contributed by atoms with Gasteiger partial charge in [0.25, 0.3) is 6.33 Å². The van der Waals surface area contributed by atoms with E-state index in [1.165, 1.54) is 37.0 Å². The molecular weight excluding hydrogens is 1690 g/mol. The molecule has 0 saturated carbocycles. The molecule has 5 amide bonds. The average Bonchev–Trinajstić information content (AvgIpc) is 1.12. The Balaban J connectivity index is 0.000000952. The Bertz CT molecular complexity index is 3380. The van der Waals surface area contributed by atoms with E-state index in [2.05, 4.69) is 51.5 Å². The van der Waals surface area contributed by atoms with E-state index >= 15 is 0 Å². The zero-order chi connectivity index (χ0) is 93.5. The molecule has 0 aliphatic heterocycles. The number of unbranched alkanes of at least 4 members (excludes halogenated alkanes) is 14. The van der Waals surface area contributed by atoms with Gasteiger partial charge in [0.2, 0.25) is 18.3 Å². The van der Waals surface area contributed by atoms with Crippen molar-refractivity contribution in [1.82, 2.24) is 54.8 Å². The number of ether oxygens (including phenoxy) is 15. The largest absolute Gasteiger partial charge is 0.508 e. The first kappa shape index (κ1) is 112. The molecule has 1 atom stereocenters. The number of aliphatic imine (C=N–C) groups is 1. The van der Waals surface area contributed by atoms with E-state index < -0.39 is 85.9 Å². The van der Waals surface area contributed by atoms with Crippen molar-refractivity contribution >= 4 is 85.2 Å². The minimum atomic E-state index is -1.29. The predicted molar refractivity (Wildman–Crippen MR) is 447 cm³/mol. The number of H-pyrrole nitrogens is 2. The molecule has 0 aromatic carbocycles. The van der Waals surface area contributed by atoms with Crippen molar-refractivity contribution < 1.29 is 163 Å². The van der Waals surface area contributed by atoms with Gasteiger partial charge >= 0.3 is 73.2 Å². The molecule has 4 aromatic heterocycles. The summed E-state index contributed by atoms with van der Waals surface area (Å²) in [6.07, 6.45) is 30.5. The number of rotatable bonds is 65. The van der Waals surface area contributed by atoms with Gasteiger partial charge in [0.1, 0.15) is 77.1 Å². The number of aliphatic hydroxyl groups is 3. The molecule has 0 spiro atoms. The molecule has 0 bridgehead atoms. The number of aromatic amines is 2. The number of carbonyl (C=O) groups excluding carboxylic acids is 14. The van der Waals surface area contributed by atoms with Crippen molar-refractivity contribution in [3.63, 3.8) is 0 Å². The summed E-state index contributed by atoms with van der Waals surface area (Å²) >= 11 is 0. The van der Waals surface area contributed by atoms with Crippen molar-refractivity contribution in [2.24, 2.45) is 15.8 Å². The van der Waals surface area contributed by atoms with E-state index in [0.717, 1.165) is 109 Å². The minimum Gasteiger partial charge on any atom is -0.449 e. The number of aliphatic hydroxyl groups excluding tert-OH is 3. The van der Waals surface area contributed by atoms with Gasteiger partial charge in [-0.05, 0) is 64.2 Å². The highest BCUT2D eigenvalue weighted by atomic mass is 16.8. The molecule has 46 nitrogen and oxygen atoms in total. The highest BCUT2D eigenvalue weighted by Gasteiger charge is 2.37. The van der Waals surface area contributed by atoms with Crippen LogP contribution in [0.15, 0.2) is 79.9 Å². The van der Waals surface area contributed by atoms with E-state index in [1.807, 2.05) is 0 Å². The average molecular weight is 1830 g/mol. The summed E-state index contributed by atoms with van der Waals surface area (Å²) in [6.45, 7) is 3.01. The van der Waals surface area contributed by atoms with E-state index in [4.69, 9.17) is 86.4 Å². The van der Waals surface area contributed by atoms with Crippen molar-refractivity contribution in [3.05, 3.63) is 74.9 Å². The Morgan fingerprint density at radius 2 is 0.625 bits per heavy atom. The fourth-order valence-corrected chi connectivity index (χ4v) is 10.6. The normalized spacial score (nSPS) is 11.1. The van der Waals surface area contributed by atoms with Gasteiger partial charge in [-0.2, -0.15) is 9.13 Å². The van der Waals surface area contributed by atoms with Crippen LogP contribution in [0.2, 0.25) is 0 Å². The van der Waals surface area contributed by atoms with Crippen LogP contribution in [-0.2, 0) is 75.8 Å². The van der Waals surface area contributed by atoms with Gasteiger partial charge in [-0.1, -0.05) is 78.1 Å². The summed E-state index contributed by atoms with van der Waals surface area (Å²) in [5, 5.41) is 39.7. The third-order valence-electron chi connectivity index (χ3n) is 18.3. The molecule has 4 aromatic rings. The van der Waals surface area contributed by atoms with Gasteiger partial charge in [0.15, 0.2) is 0 Å². The highest BCUT2D eigenvalue weighted by molar-refractivity contribution is 5.79. The minimum absolute atomic E-state index is 0.0000687. The summed E-state index contributed by atoms with van der Waals surface area (Å²) in [5.74, 6) is 0.0311. The van der Waals surface area contributed by atoms with Gasteiger partial charge < -0.3 is 113 Å². The molecule has 0 aliphatic rings. The fraction of sp³-hybridized carbons (Fsp3) is 0.683.